The summed E-state index contributed by atoms with van der Waals surface area (Å²) in [7, 11) is 0. The van der Waals surface area contributed by atoms with Crippen molar-refractivity contribution in [3.8, 4) is 11.5 Å². The van der Waals surface area contributed by atoms with E-state index in [1.165, 1.54) is 6.21 Å². The number of nitrogens with one attached hydrogen (secondary N) is 2. The molecule has 7 nitrogen and oxygen atoms in total. The van der Waals surface area contributed by atoms with Gasteiger partial charge in [-0.1, -0.05) is 31.5 Å². The Hall–Kier alpha value is -2.58. The Morgan fingerprint density at radius 3 is 2.52 bits per heavy atom. The van der Waals surface area contributed by atoms with Gasteiger partial charge in [-0.05, 0) is 78.5 Å². The van der Waals surface area contributed by atoms with Gasteiger partial charge in [0.15, 0.2) is 11.5 Å². The van der Waals surface area contributed by atoms with Crippen molar-refractivity contribution in [1.82, 2.24) is 10.7 Å². The Balaban J connectivity index is 2.12. The Labute approximate surface area is 208 Å². The van der Waals surface area contributed by atoms with E-state index in [0.717, 1.165) is 0 Å². The highest BCUT2D eigenvalue weighted by atomic mass is 79.9. The first kappa shape index (κ1) is 26.7. The van der Waals surface area contributed by atoms with E-state index >= 15 is 0 Å². The Morgan fingerprint density at radius 1 is 1.18 bits per heavy atom. The lowest BCUT2D eigenvalue weighted by atomic mass is 10.0. The van der Waals surface area contributed by atoms with Crippen molar-refractivity contribution in [1.29, 1.82) is 0 Å². The molecule has 0 saturated heterocycles. The number of nitrogens with zero attached hydrogens (tertiary/aromatic N) is 1. The van der Waals surface area contributed by atoms with Crippen LogP contribution in [0, 0.1) is 5.92 Å². The molecule has 2 aromatic carbocycles. The number of rotatable bonds is 10. The van der Waals surface area contributed by atoms with Gasteiger partial charge >= 0.3 is 0 Å². The zero-order valence-corrected chi connectivity index (χ0v) is 21.7. The summed E-state index contributed by atoms with van der Waals surface area (Å²) in [6.45, 7) is 9.90. The minimum absolute atomic E-state index is 0.0191. The molecule has 2 rings (SSSR count). The maximum atomic E-state index is 12.7. The fourth-order valence-corrected chi connectivity index (χ4v) is 3.65. The van der Waals surface area contributed by atoms with Gasteiger partial charge in [-0.3, -0.25) is 9.59 Å². The molecule has 0 heterocycles. The van der Waals surface area contributed by atoms with Crippen LogP contribution in [0.15, 0.2) is 46.0 Å². The molecule has 2 N–H and O–H groups in total. The SMILES string of the molecule is CCOc1cc(/C=N/NC(=O)C(NC(=O)c2cccc(Cl)c2)C(C)C)cc(Br)c1OC(C)C. The Bertz CT molecular complexity index is 1010. The zero-order chi connectivity index (χ0) is 24.5. The lowest BCUT2D eigenvalue weighted by molar-refractivity contribution is -0.123. The van der Waals surface area contributed by atoms with Gasteiger partial charge in [-0.15, -0.1) is 0 Å². The van der Waals surface area contributed by atoms with Gasteiger partial charge in [0.1, 0.15) is 6.04 Å². The number of amides is 2. The van der Waals surface area contributed by atoms with Gasteiger partial charge in [-0.25, -0.2) is 5.43 Å². The number of hydrogen-bond donors (Lipinski definition) is 2. The van der Waals surface area contributed by atoms with Crippen LogP contribution >= 0.6 is 27.5 Å². The van der Waals surface area contributed by atoms with E-state index in [0.29, 0.717) is 38.7 Å². The fourth-order valence-electron chi connectivity index (χ4n) is 2.90. The highest BCUT2D eigenvalue weighted by Gasteiger charge is 2.24. The summed E-state index contributed by atoms with van der Waals surface area (Å²) in [5.41, 5.74) is 3.58. The summed E-state index contributed by atoms with van der Waals surface area (Å²) in [5.74, 6) is 0.204. The molecule has 0 spiro atoms. The molecule has 2 amide bonds. The van der Waals surface area contributed by atoms with Crippen LogP contribution in [-0.4, -0.2) is 36.8 Å². The third kappa shape index (κ3) is 8.05. The summed E-state index contributed by atoms with van der Waals surface area (Å²) in [5, 5.41) is 7.24. The number of halogens is 2. The van der Waals surface area contributed by atoms with Crippen LogP contribution in [0.3, 0.4) is 0 Å². The minimum atomic E-state index is -0.777. The third-order valence-corrected chi connectivity index (χ3v) is 5.22. The summed E-state index contributed by atoms with van der Waals surface area (Å²) in [6, 6.07) is 9.36. The molecule has 0 aliphatic carbocycles. The van der Waals surface area contributed by atoms with Crippen LogP contribution in [0.5, 0.6) is 11.5 Å². The molecule has 0 radical (unpaired) electrons. The number of hydrazone groups is 1. The normalized spacial score (nSPS) is 12.2. The molecule has 0 aromatic heterocycles. The van der Waals surface area contributed by atoms with Crippen LogP contribution in [0.25, 0.3) is 0 Å². The van der Waals surface area contributed by atoms with Crippen LogP contribution in [0.4, 0.5) is 0 Å². The molecular weight excluding hydrogens is 510 g/mol. The Morgan fingerprint density at radius 2 is 1.91 bits per heavy atom. The number of carbonyl (C=O) groups is 2. The van der Waals surface area contributed by atoms with E-state index in [2.05, 4.69) is 31.8 Å². The molecule has 0 aliphatic rings. The van der Waals surface area contributed by atoms with Crippen molar-refractivity contribution >= 4 is 45.6 Å². The van der Waals surface area contributed by atoms with E-state index in [4.69, 9.17) is 21.1 Å². The zero-order valence-electron chi connectivity index (χ0n) is 19.3. The first-order valence-corrected chi connectivity index (χ1v) is 11.8. The lowest BCUT2D eigenvalue weighted by Gasteiger charge is -2.20. The first-order valence-electron chi connectivity index (χ1n) is 10.6. The fraction of sp³-hybridized carbons (Fsp3) is 0.375. The van der Waals surface area contributed by atoms with Crippen molar-refractivity contribution in [3.63, 3.8) is 0 Å². The molecule has 1 atom stereocenters. The standard InChI is InChI=1S/C24H29BrClN3O4/c1-6-32-20-11-16(10-19(25)22(20)33-15(4)5)13-27-29-24(31)21(14(2)3)28-23(30)17-8-7-9-18(26)12-17/h7-15,21H,6H2,1-5H3,(H,28,30)(H,29,31)/b27-13+. The van der Waals surface area contributed by atoms with Crippen molar-refractivity contribution in [2.75, 3.05) is 6.61 Å². The number of hydrogen-bond acceptors (Lipinski definition) is 5. The Kier molecular flexibility index (Phi) is 10.2. The smallest absolute Gasteiger partial charge is 0.262 e. The molecule has 2 aromatic rings. The van der Waals surface area contributed by atoms with E-state index in [1.807, 2.05) is 40.7 Å². The molecule has 0 bridgehead atoms. The predicted molar refractivity (Wildman–Crippen MR) is 134 cm³/mol. The van der Waals surface area contributed by atoms with Gasteiger partial charge in [0.2, 0.25) is 0 Å². The van der Waals surface area contributed by atoms with E-state index in [9.17, 15) is 9.59 Å². The third-order valence-electron chi connectivity index (χ3n) is 4.40. The summed E-state index contributed by atoms with van der Waals surface area (Å²) >= 11 is 9.46. The van der Waals surface area contributed by atoms with Crippen molar-refractivity contribution in [2.24, 2.45) is 11.0 Å². The van der Waals surface area contributed by atoms with Crippen LogP contribution in [0.1, 0.15) is 50.5 Å². The number of ether oxygens (including phenoxy) is 2. The van der Waals surface area contributed by atoms with Gasteiger partial charge in [0.05, 0.1) is 23.4 Å². The molecule has 178 valence electrons. The summed E-state index contributed by atoms with van der Waals surface area (Å²) < 4.78 is 12.2. The summed E-state index contributed by atoms with van der Waals surface area (Å²) in [6.07, 6.45) is 1.48. The van der Waals surface area contributed by atoms with E-state index in [1.54, 1.807) is 30.3 Å². The quantitative estimate of drug-likeness (QED) is 0.322. The second kappa shape index (κ2) is 12.6. The van der Waals surface area contributed by atoms with Crippen molar-refractivity contribution in [3.05, 3.63) is 57.0 Å². The molecule has 1 unspecified atom stereocenters. The highest BCUT2D eigenvalue weighted by molar-refractivity contribution is 9.10. The van der Waals surface area contributed by atoms with E-state index < -0.39 is 11.9 Å². The van der Waals surface area contributed by atoms with Gasteiger partial charge in [0.25, 0.3) is 11.8 Å². The summed E-state index contributed by atoms with van der Waals surface area (Å²) in [4.78, 5) is 25.2. The van der Waals surface area contributed by atoms with Crippen LogP contribution < -0.4 is 20.2 Å². The molecular formula is C24H29BrClN3O4. The predicted octanol–water partition coefficient (Wildman–Crippen LogP) is 5.19. The largest absolute Gasteiger partial charge is 0.490 e. The lowest BCUT2D eigenvalue weighted by Crippen LogP contribution is -2.48. The van der Waals surface area contributed by atoms with Crippen molar-refractivity contribution in [2.45, 2.75) is 46.8 Å². The average molecular weight is 539 g/mol. The van der Waals surface area contributed by atoms with Gasteiger partial charge in [0, 0.05) is 10.6 Å². The van der Waals surface area contributed by atoms with Crippen LogP contribution in [0.2, 0.25) is 5.02 Å². The minimum Gasteiger partial charge on any atom is -0.490 e. The average Bonchev–Trinajstić information content (AvgIpc) is 2.74. The van der Waals surface area contributed by atoms with Gasteiger partial charge < -0.3 is 14.8 Å². The maximum Gasteiger partial charge on any atom is 0.262 e. The van der Waals surface area contributed by atoms with Crippen molar-refractivity contribution < 1.29 is 19.1 Å². The topological polar surface area (TPSA) is 89.0 Å². The van der Waals surface area contributed by atoms with E-state index in [-0.39, 0.29) is 17.9 Å². The monoisotopic (exact) mass is 537 g/mol. The number of carbonyl (C=O) groups excluding carboxylic acids is 2. The second-order valence-electron chi connectivity index (χ2n) is 7.87. The second-order valence-corrected chi connectivity index (χ2v) is 9.16. The molecule has 0 aliphatic heterocycles. The first-order chi connectivity index (χ1) is 15.6. The van der Waals surface area contributed by atoms with Crippen LogP contribution in [-0.2, 0) is 4.79 Å². The maximum absolute atomic E-state index is 12.7. The molecule has 9 heteroatoms. The molecule has 0 saturated carbocycles. The molecule has 33 heavy (non-hydrogen) atoms. The molecule has 0 fully saturated rings. The van der Waals surface area contributed by atoms with Gasteiger partial charge in [-0.2, -0.15) is 5.10 Å². The number of benzene rings is 2. The highest BCUT2D eigenvalue weighted by Crippen LogP contribution is 2.37.